The minimum Gasteiger partial charge on any atom is -0.412 e. The molecule has 0 aliphatic rings. The van der Waals surface area contributed by atoms with E-state index >= 15 is 0 Å². The minimum absolute atomic E-state index is 0.750. The van der Waals surface area contributed by atoms with Crippen LogP contribution in [0.5, 0.6) is 0 Å². The molecule has 1 rings (SSSR count). The summed E-state index contributed by atoms with van der Waals surface area (Å²) in [5.74, 6) is 0. The lowest BCUT2D eigenvalue weighted by molar-refractivity contribution is 0.149. The maximum Gasteiger partial charge on any atom is 0.394 e. The molecule has 0 amide bonds. The summed E-state index contributed by atoms with van der Waals surface area (Å²) in [5.41, 5.74) is 0. The van der Waals surface area contributed by atoms with Crippen molar-refractivity contribution in [3.8, 4) is 0 Å². The Bertz CT molecular complexity index is 269. The second kappa shape index (κ2) is 3.91. The summed E-state index contributed by atoms with van der Waals surface area (Å²) in [6, 6.07) is 1.64. The van der Waals surface area contributed by atoms with Crippen LogP contribution < -0.4 is 0 Å². The Hall–Kier alpha value is -1.12. The van der Waals surface area contributed by atoms with Crippen molar-refractivity contribution in [3.05, 3.63) is 18.5 Å². The van der Waals surface area contributed by atoms with Crippen molar-refractivity contribution in [2.24, 2.45) is 0 Å². The molecule has 1 aromatic heterocycles. The zero-order valence-corrected chi connectivity index (χ0v) is 6.01. The van der Waals surface area contributed by atoms with Crippen LogP contribution in [0.25, 0.3) is 0 Å². The molecule has 3 N–H and O–H groups in total. The smallest absolute Gasteiger partial charge is 0.394 e. The fourth-order valence-corrected chi connectivity index (χ4v) is 0.261. The van der Waals surface area contributed by atoms with Crippen molar-refractivity contribution >= 4 is 10.4 Å². The van der Waals surface area contributed by atoms with Crippen LogP contribution in [0.4, 0.5) is 0 Å². The van der Waals surface area contributed by atoms with Crippen LogP contribution in [0, 0.1) is 0 Å². The van der Waals surface area contributed by atoms with Crippen molar-refractivity contribution in [2.45, 2.75) is 0 Å². The maximum absolute atomic E-state index is 8.74. The van der Waals surface area contributed by atoms with Crippen LogP contribution in [0.15, 0.2) is 18.5 Å². The topological polar surface area (TPSA) is 113 Å². The molecule has 64 valence electrons. The van der Waals surface area contributed by atoms with Gasteiger partial charge in [0.05, 0.1) is 12.4 Å². The van der Waals surface area contributed by atoms with Gasteiger partial charge in [-0.3, -0.25) is 9.11 Å². The highest BCUT2D eigenvalue weighted by molar-refractivity contribution is 7.79. The second-order valence-electron chi connectivity index (χ2n) is 1.37. The lowest BCUT2D eigenvalue weighted by Gasteiger charge is -1.76. The van der Waals surface area contributed by atoms with Gasteiger partial charge in [-0.15, -0.1) is 9.94 Å². The van der Waals surface area contributed by atoms with Crippen LogP contribution in [-0.4, -0.2) is 32.7 Å². The van der Waals surface area contributed by atoms with Gasteiger partial charge in [0.25, 0.3) is 0 Å². The molecule has 8 heteroatoms. The number of hydrogen-bond donors (Lipinski definition) is 3. The predicted octanol–water partition coefficient (Wildman–Crippen LogP) is -0.532. The van der Waals surface area contributed by atoms with E-state index in [1.807, 2.05) is 0 Å². The van der Waals surface area contributed by atoms with Crippen molar-refractivity contribution < 1.29 is 22.7 Å². The summed E-state index contributed by atoms with van der Waals surface area (Å²) in [6.07, 6.45) is 2.94. The molecule has 0 bridgehead atoms. The Kier molecular flexibility index (Phi) is 3.51. The fourth-order valence-electron chi connectivity index (χ4n) is 0.261. The molecule has 0 saturated heterocycles. The Labute approximate surface area is 62.4 Å². The molecule has 0 aliphatic heterocycles. The molecule has 0 aromatic carbocycles. The van der Waals surface area contributed by atoms with Gasteiger partial charge in [-0.1, -0.05) is 0 Å². The third kappa shape index (κ3) is 12.2. The van der Waals surface area contributed by atoms with Gasteiger partial charge in [0, 0.05) is 0 Å². The largest absolute Gasteiger partial charge is 0.412 e. The monoisotopic (exact) mass is 182 g/mol. The summed E-state index contributed by atoms with van der Waals surface area (Å²) in [6.45, 7) is 0. The van der Waals surface area contributed by atoms with Crippen LogP contribution in [-0.2, 0) is 10.4 Å². The first-order chi connectivity index (χ1) is 4.89. The van der Waals surface area contributed by atoms with E-state index < -0.39 is 10.4 Å². The highest BCUT2D eigenvalue weighted by Gasteiger charge is 1.84. The van der Waals surface area contributed by atoms with E-state index in [0.29, 0.717) is 0 Å². The van der Waals surface area contributed by atoms with E-state index in [0.717, 1.165) is 4.85 Å². The molecular weight excluding hydrogens is 176 g/mol. The first kappa shape index (κ1) is 9.88. The minimum atomic E-state index is -4.67. The number of aromatic nitrogens is 2. The third-order valence-electron chi connectivity index (χ3n) is 0.490. The standard InChI is InChI=1S/C3H4N2O.H2O4S/c6-5-3-1-2-4-5;1-5(2,3)4/h1-3,6H;(H2,1,2,3,4). The number of nitrogens with zero attached hydrogens (tertiary/aromatic N) is 2. The van der Waals surface area contributed by atoms with Crippen LogP contribution in [0.1, 0.15) is 0 Å². The summed E-state index contributed by atoms with van der Waals surface area (Å²) in [7, 11) is -4.67. The maximum atomic E-state index is 8.74. The summed E-state index contributed by atoms with van der Waals surface area (Å²) < 4.78 is 31.6. The van der Waals surface area contributed by atoms with Gasteiger partial charge in [0.2, 0.25) is 0 Å². The van der Waals surface area contributed by atoms with Gasteiger partial charge in [-0.2, -0.15) is 8.42 Å². The lowest BCUT2D eigenvalue weighted by atomic mass is 10.8. The molecule has 1 heterocycles. The van der Waals surface area contributed by atoms with Crippen molar-refractivity contribution in [1.82, 2.24) is 9.94 Å². The van der Waals surface area contributed by atoms with Crippen LogP contribution >= 0.6 is 0 Å². The number of hydrogen-bond acceptors (Lipinski definition) is 4. The Morgan fingerprint density at radius 2 is 1.82 bits per heavy atom. The molecule has 1 aromatic rings. The first-order valence-electron chi connectivity index (χ1n) is 2.28. The van der Waals surface area contributed by atoms with Gasteiger partial charge in [0.15, 0.2) is 0 Å². The zero-order valence-electron chi connectivity index (χ0n) is 5.19. The number of rotatable bonds is 0. The molecular formula is C3H6N2O5S. The molecule has 0 radical (unpaired) electrons. The predicted molar refractivity (Wildman–Crippen MR) is 33.6 cm³/mol. The fraction of sp³-hybridized carbons (Fsp3) is 0. The molecule has 0 fully saturated rings. The Morgan fingerprint density at radius 3 is 1.91 bits per heavy atom. The van der Waals surface area contributed by atoms with Crippen LogP contribution in [0.3, 0.4) is 0 Å². The highest BCUT2D eigenvalue weighted by Crippen LogP contribution is 1.72. The molecule has 0 saturated carbocycles. The molecule has 0 aliphatic carbocycles. The van der Waals surface area contributed by atoms with E-state index in [1.165, 1.54) is 12.4 Å². The Balaban J connectivity index is 0.000000187. The van der Waals surface area contributed by atoms with Gasteiger partial charge >= 0.3 is 10.4 Å². The molecule has 0 spiro atoms. The quantitative estimate of drug-likeness (QED) is 0.367. The van der Waals surface area contributed by atoms with Crippen LogP contribution in [0.2, 0.25) is 0 Å². The average Bonchev–Trinajstić information content (AvgIpc) is 2.12. The second-order valence-corrected chi connectivity index (χ2v) is 2.27. The van der Waals surface area contributed by atoms with E-state index in [9.17, 15) is 0 Å². The lowest BCUT2D eigenvalue weighted by Crippen LogP contribution is -1.89. The van der Waals surface area contributed by atoms with Gasteiger partial charge in [0.1, 0.15) is 0 Å². The molecule has 0 unspecified atom stereocenters. The SMILES string of the molecule is O=S(=O)(O)O.On1cccn1. The van der Waals surface area contributed by atoms with E-state index in [2.05, 4.69) is 5.10 Å². The zero-order chi connectivity index (χ0) is 8.91. The average molecular weight is 182 g/mol. The third-order valence-corrected chi connectivity index (χ3v) is 0.490. The summed E-state index contributed by atoms with van der Waals surface area (Å²) in [5, 5.41) is 11.7. The van der Waals surface area contributed by atoms with E-state index in [-0.39, 0.29) is 0 Å². The molecule has 0 atom stereocenters. The Morgan fingerprint density at radius 1 is 1.36 bits per heavy atom. The summed E-state index contributed by atoms with van der Waals surface area (Å²) in [4.78, 5) is 0.750. The molecule has 11 heavy (non-hydrogen) atoms. The van der Waals surface area contributed by atoms with Crippen molar-refractivity contribution in [2.75, 3.05) is 0 Å². The van der Waals surface area contributed by atoms with Gasteiger partial charge < -0.3 is 5.21 Å². The van der Waals surface area contributed by atoms with E-state index in [4.69, 9.17) is 22.7 Å². The summed E-state index contributed by atoms with van der Waals surface area (Å²) >= 11 is 0. The van der Waals surface area contributed by atoms with Gasteiger partial charge in [-0.05, 0) is 6.07 Å². The highest BCUT2D eigenvalue weighted by atomic mass is 32.3. The van der Waals surface area contributed by atoms with E-state index in [1.54, 1.807) is 6.07 Å². The first-order valence-corrected chi connectivity index (χ1v) is 3.68. The molecule has 7 nitrogen and oxygen atoms in total. The van der Waals surface area contributed by atoms with Crippen molar-refractivity contribution in [3.63, 3.8) is 0 Å². The normalized spacial score (nSPS) is 10.0. The van der Waals surface area contributed by atoms with Gasteiger partial charge in [-0.25, -0.2) is 0 Å². The van der Waals surface area contributed by atoms with Crippen molar-refractivity contribution in [1.29, 1.82) is 0 Å².